The van der Waals surface area contributed by atoms with E-state index in [4.69, 9.17) is 9.47 Å². The van der Waals surface area contributed by atoms with Crippen molar-refractivity contribution in [3.63, 3.8) is 0 Å². The second kappa shape index (κ2) is 18.3. The quantitative estimate of drug-likeness (QED) is 0.214. The molecular formula is C24H46O5. The van der Waals surface area contributed by atoms with Gasteiger partial charge in [0, 0.05) is 0 Å². The van der Waals surface area contributed by atoms with Crippen LogP contribution in [0.1, 0.15) is 96.8 Å². The van der Waals surface area contributed by atoms with Crippen LogP contribution < -0.4 is 0 Å². The zero-order chi connectivity index (χ0) is 21.2. The third-order valence-electron chi connectivity index (χ3n) is 5.68. The van der Waals surface area contributed by atoms with Gasteiger partial charge in [-0.15, -0.1) is 0 Å². The van der Waals surface area contributed by atoms with E-state index in [9.17, 15) is 15.3 Å². The minimum Gasteiger partial charge on any atom is -0.388 e. The van der Waals surface area contributed by atoms with Gasteiger partial charge in [-0.25, -0.2) is 0 Å². The van der Waals surface area contributed by atoms with Crippen molar-refractivity contribution in [2.45, 2.75) is 121 Å². The molecule has 5 nitrogen and oxygen atoms in total. The summed E-state index contributed by atoms with van der Waals surface area (Å²) in [4.78, 5) is 0. The molecule has 0 aromatic heterocycles. The van der Waals surface area contributed by atoms with E-state index in [1.165, 1.54) is 77.0 Å². The number of ether oxygens (including phenoxy) is 2. The number of allylic oxidation sites excluding steroid dienone is 1. The highest BCUT2D eigenvalue weighted by Gasteiger charge is 2.39. The van der Waals surface area contributed by atoms with Crippen LogP contribution >= 0.6 is 0 Å². The van der Waals surface area contributed by atoms with Crippen molar-refractivity contribution in [1.82, 2.24) is 0 Å². The average Bonchev–Trinajstić information content (AvgIpc) is 3.05. The van der Waals surface area contributed by atoms with Crippen molar-refractivity contribution < 1.29 is 24.8 Å². The van der Waals surface area contributed by atoms with Crippen molar-refractivity contribution in [3.05, 3.63) is 12.2 Å². The first kappa shape index (κ1) is 26.6. The summed E-state index contributed by atoms with van der Waals surface area (Å²) in [7, 11) is 0. The van der Waals surface area contributed by atoms with Crippen LogP contribution in [0, 0.1) is 0 Å². The van der Waals surface area contributed by atoms with Crippen molar-refractivity contribution in [2.75, 3.05) is 19.8 Å². The Kier molecular flexibility index (Phi) is 16.8. The summed E-state index contributed by atoms with van der Waals surface area (Å²) in [5.74, 6) is 0. The van der Waals surface area contributed by atoms with Crippen molar-refractivity contribution in [1.29, 1.82) is 0 Å². The Hall–Kier alpha value is -0.460. The van der Waals surface area contributed by atoms with Crippen molar-refractivity contribution >= 4 is 0 Å². The zero-order valence-electron chi connectivity index (χ0n) is 18.6. The molecule has 1 saturated heterocycles. The molecule has 3 N–H and O–H groups in total. The van der Waals surface area contributed by atoms with E-state index in [2.05, 4.69) is 19.1 Å². The number of rotatable bonds is 19. The van der Waals surface area contributed by atoms with Crippen molar-refractivity contribution in [3.8, 4) is 0 Å². The normalized spacial score (nSPS) is 23.2. The van der Waals surface area contributed by atoms with Gasteiger partial charge in [0.05, 0.1) is 19.8 Å². The lowest BCUT2D eigenvalue weighted by Gasteiger charge is -2.20. The smallest absolute Gasteiger partial charge is 0.114 e. The standard InChI is InChI=1S/C24H46O5/c1-2-3-4-5-6-7-8-9-10-11-12-13-14-15-16-17-18-28-19-22(26)24-23(27)21(25)20-29-24/h15-16,21-27H,2-14,17-20H2,1H3/b16-15+/t21-,22+,23-,24-/m1/s1. The predicted octanol–water partition coefficient (Wildman–Crippen LogP) is 4.52. The number of hydrogen-bond donors (Lipinski definition) is 3. The molecule has 5 heteroatoms. The Bertz CT molecular complexity index is 387. The molecule has 1 rings (SSSR count). The minimum atomic E-state index is -1.04. The average molecular weight is 415 g/mol. The molecular weight excluding hydrogens is 368 g/mol. The number of unbranched alkanes of at least 4 members (excludes halogenated alkanes) is 12. The fourth-order valence-corrected chi connectivity index (χ4v) is 3.75. The molecule has 1 heterocycles. The van der Waals surface area contributed by atoms with E-state index < -0.39 is 24.4 Å². The van der Waals surface area contributed by atoms with E-state index in [1.54, 1.807) is 0 Å². The molecule has 0 saturated carbocycles. The Labute approximate surface area is 178 Å². The molecule has 0 aromatic rings. The highest BCUT2D eigenvalue weighted by Crippen LogP contribution is 2.18. The molecule has 29 heavy (non-hydrogen) atoms. The fraction of sp³-hybridized carbons (Fsp3) is 0.917. The maximum atomic E-state index is 9.93. The fourth-order valence-electron chi connectivity index (χ4n) is 3.75. The lowest BCUT2D eigenvalue weighted by Crippen LogP contribution is -2.40. The Balaban J connectivity index is 1.80. The Morgan fingerprint density at radius 3 is 1.97 bits per heavy atom. The van der Waals surface area contributed by atoms with Gasteiger partial charge in [0.15, 0.2) is 0 Å². The largest absolute Gasteiger partial charge is 0.388 e. The van der Waals surface area contributed by atoms with Crippen LogP contribution in [0.4, 0.5) is 0 Å². The van der Waals surface area contributed by atoms with Crippen LogP contribution in [0.5, 0.6) is 0 Å². The van der Waals surface area contributed by atoms with Gasteiger partial charge >= 0.3 is 0 Å². The van der Waals surface area contributed by atoms with Gasteiger partial charge in [0.2, 0.25) is 0 Å². The predicted molar refractivity (Wildman–Crippen MR) is 118 cm³/mol. The summed E-state index contributed by atoms with van der Waals surface area (Å²) >= 11 is 0. The zero-order valence-corrected chi connectivity index (χ0v) is 18.6. The highest BCUT2D eigenvalue weighted by atomic mass is 16.5. The first-order valence-corrected chi connectivity index (χ1v) is 12.0. The molecule has 0 unspecified atom stereocenters. The number of hydrogen-bond acceptors (Lipinski definition) is 5. The molecule has 0 bridgehead atoms. The second-order valence-corrected chi connectivity index (χ2v) is 8.44. The van der Waals surface area contributed by atoms with E-state index in [1.807, 2.05) is 0 Å². The van der Waals surface area contributed by atoms with E-state index in [0.29, 0.717) is 6.61 Å². The van der Waals surface area contributed by atoms with Gasteiger partial charge in [-0.3, -0.25) is 0 Å². The summed E-state index contributed by atoms with van der Waals surface area (Å²) in [6.45, 7) is 2.98. The minimum absolute atomic E-state index is 0.0603. The van der Waals surface area contributed by atoms with Crippen LogP contribution in [0.3, 0.4) is 0 Å². The topological polar surface area (TPSA) is 79.2 Å². The van der Waals surface area contributed by atoms with Gasteiger partial charge in [0.1, 0.15) is 24.4 Å². The summed E-state index contributed by atoms with van der Waals surface area (Å²) < 4.78 is 10.6. The van der Waals surface area contributed by atoms with Gasteiger partial charge < -0.3 is 24.8 Å². The number of aliphatic hydroxyl groups is 3. The van der Waals surface area contributed by atoms with Gasteiger partial charge in [0.25, 0.3) is 0 Å². The third-order valence-corrected chi connectivity index (χ3v) is 5.68. The van der Waals surface area contributed by atoms with Crippen LogP contribution in [-0.4, -0.2) is 59.6 Å². The second-order valence-electron chi connectivity index (χ2n) is 8.44. The van der Waals surface area contributed by atoms with Gasteiger partial charge in [-0.1, -0.05) is 89.7 Å². The summed E-state index contributed by atoms with van der Waals surface area (Å²) in [5.41, 5.74) is 0. The van der Waals surface area contributed by atoms with Crippen LogP contribution in [0.15, 0.2) is 12.2 Å². The van der Waals surface area contributed by atoms with E-state index in [0.717, 1.165) is 12.8 Å². The maximum Gasteiger partial charge on any atom is 0.114 e. The lowest BCUT2D eigenvalue weighted by molar-refractivity contribution is -0.0806. The number of aliphatic hydroxyl groups excluding tert-OH is 3. The molecule has 1 aliphatic heterocycles. The first-order chi connectivity index (χ1) is 14.2. The molecule has 1 fully saturated rings. The molecule has 0 aromatic carbocycles. The van der Waals surface area contributed by atoms with E-state index >= 15 is 0 Å². The molecule has 0 radical (unpaired) electrons. The molecule has 0 amide bonds. The molecule has 4 atom stereocenters. The summed E-state index contributed by atoms with van der Waals surface area (Å²) in [6, 6.07) is 0. The summed E-state index contributed by atoms with van der Waals surface area (Å²) in [5, 5.41) is 29.0. The third kappa shape index (κ3) is 13.5. The molecule has 0 spiro atoms. The Morgan fingerprint density at radius 2 is 1.41 bits per heavy atom. The lowest BCUT2D eigenvalue weighted by atomic mass is 10.0. The van der Waals surface area contributed by atoms with Gasteiger partial charge in [-0.2, -0.15) is 0 Å². The van der Waals surface area contributed by atoms with Crippen molar-refractivity contribution in [2.24, 2.45) is 0 Å². The summed E-state index contributed by atoms with van der Waals surface area (Å²) in [6.07, 6.45) is 19.2. The highest BCUT2D eigenvalue weighted by molar-refractivity contribution is 4.88. The van der Waals surface area contributed by atoms with Crippen LogP contribution in [0.25, 0.3) is 0 Å². The monoisotopic (exact) mass is 414 g/mol. The molecule has 0 aliphatic carbocycles. The van der Waals surface area contributed by atoms with E-state index in [-0.39, 0.29) is 13.2 Å². The van der Waals surface area contributed by atoms with Crippen LogP contribution in [-0.2, 0) is 9.47 Å². The molecule has 172 valence electrons. The Morgan fingerprint density at radius 1 is 0.862 bits per heavy atom. The van der Waals surface area contributed by atoms with Gasteiger partial charge in [-0.05, 0) is 19.3 Å². The maximum absolute atomic E-state index is 9.93. The SMILES string of the molecule is CCCCCCCCCCCCCC/C=C/CCOC[C@H](O)[C@H]1OC[C@@H](O)[C@H]1O. The first-order valence-electron chi connectivity index (χ1n) is 12.0. The molecule has 1 aliphatic rings. The van der Waals surface area contributed by atoms with Crippen LogP contribution in [0.2, 0.25) is 0 Å².